The molecule has 1 rings (SSSR count). The van der Waals surface area contributed by atoms with Crippen LogP contribution in [0.5, 0.6) is 0 Å². The number of hydrogen-bond acceptors (Lipinski definition) is 3. The lowest BCUT2D eigenvalue weighted by atomic mass is 9.82. The summed E-state index contributed by atoms with van der Waals surface area (Å²) >= 11 is 0. The largest absolute Gasteiger partial charge is 0.478 e. The molecule has 5 nitrogen and oxygen atoms in total. The van der Waals surface area contributed by atoms with Crippen molar-refractivity contribution in [1.82, 2.24) is 5.32 Å². The number of carboxylic acid groups (broad SMARTS) is 1. The minimum Gasteiger partial charge on any atom is -0.478 e. The van der Waals surface area contributed by atoms with Gasteiger partial charge in [0.25, 0.3) is 0 Å². The van der Waals surface area contributed by atoms with E-state index in [0.29, 0.717) is 17.9 Å². The second kappa shape index (κ2) is 8.27. The zero-order valence-electron chi connectivity index (χ0n) is 12.3. The van der Waals surface area contributed by atoms with Crippen LogP contribution < -0.4 is 11.1 Å². The van der Waals surface area contributed by atoms with Gasteiger partial charge in [-0.25, -0.2) is 4.79 Å². The molecule has 0 heterocycles. The number of amides is 1. The average molecular weight is 305 g/mol. The van der Waals surface area contributed by atoms with E-state index in [1.165, 1.54) is 6.92 Å². The van der Waals surface area contributed by atoms with Gasteiger partial charge in [0.05, 0.1) is 0 Å². The second-order valence-corrected chi connectivity index (χ2v) is 5.25. The van der Waals surface area contributed by atoms with E-state index in [1.807, 2.05) is 0 Å². The Labute approximate surface area is 126 Å². The smallest absolute Gasteiger partial charge is 0.331 e. The van der Waals surface area contributed by atoms with Gasteiger partial charge >= 0.3 is 5.97 Å². The molecule has 0 aromatic carbocycles. The van der Waals surface area contributed by atoms with Gasteiger partial charge in [-0.1, -0.05) is 32.8 Å². The van der Waals surface area contributed by atoms with Crippen molar-refractivity contribution in [2.45, 2.75) is 52.1 Å². The molecule has 0 saturated heterocycles. The summed E-state index contributed by atoms with van der Waals surface area (Å²) in [6.45, 7) is 5.63. The number of hydrogen-bond donors (Lipinski definition) is 3. The minimum absolute atomic E-state index is 0. The molecule has 1 aliphatic carbocycles. The fraction of sp³-hybridized carbons (Fsp3) is 0.714. The molecule has 0 fully saturated rings. The van der Waals surface area contributed by atoms with E-state index in [1.54, 1.807) is 6.08 Å². The van der Waals surface area contributed by atoms with Crippen molar-refractivity contribution < 1.29 is 14.7 Å². The van der Waals surface area contributed by atoms with Crippen LogP contribution in [0.1, 0.15) is 40.0 Å². The fourth-order valence-electron chi connectivity index (χ4n) is 2.90. The summed E-state index contributed by atoms with van der Waals surface area (Å²) in [5.41, 5.74) is 6.42. The zero-order chi connectivity index (χ0) is 14.6. The van der Waals surface area contributed by atoms with Gasteiger partial charge in [0.2, 0.25) is 5.91 Å². The Bertz CT molecular complexity index is 381. The Morgan fingerprint density at radius 2 is 2.00 bits per heavy atom. The maximum Gasteiger partial charge on any atom is 0.331 e. The summed E-state index contributed by atoms with van der Waals surface area (Å²) in [6.07, 6.45) is 3.96. The lowest BCUT2D eigenvalue weighted by molar-refractivity contribution is -0.132. The Balaban J connectivity index is 0.00000361. The molecule has 0 saturated carbocycles. The molecule has 1 amide bonds. The molecule has 0 aliphatic heterocycles. The van der Waals surface area contributed by atoms with E-state index >= 15 is 0 Å². The van der Waals surface area contributed by atoms with Gasteiger partial charge in [-0.15, -0.1) is 12.4 Å². The standard InChI is InChI=1S/C14H24N2O3.ClH/c1-4-9(5-2)13(16-8(3)17)11-6-10(14(18)19)7-12(11)15;/h6,9,11-13H,4-5,7,15H2,1-3H3,(H,16,17)(H,18,19);1H. The van der Waals surface area contributed by atoms with Gasteiger partial charge in [-0.2, -0.15) is 0 Å². The monoisotopic (exact) mass is 304 g/mol. The first-order chi connectivity index (χ1) is 8.90. The van der Waals surface area contributed by atoms with E-state index in [2.05, 4.69) is 19.2 Å². The number of aliphatic carboxylic acids is 1. The van der Waals surface area contributed by atoms with Crippen LogP contribution in [0.4, 0.5) is 0 Å². The topological polar surface area (TPSA) is 92.4 Å². The van der Waals surface area contributed by atoms with Gasteiger partial charge in [-0.3, -0.25) is 4.79 Å². The van der Waals surface area contributed by atoms with E-state index in [-0.39, 0.29) is 36.3 Å². The number of halogens is 1. The molecule has 4 N–H and O–H groups in total. The van der Waals surface area contributed by atoms with Gasteiger partial charge in [0.1, 0.15) is 0 Å². The lowest BCUT2D eigenvalue weighted by Gasteiger charge is -2.32. The van der Waals surface area contributed by atoms with E-state index in [0.717, 1.165) is 12.8 Å². The Morgan fingerprint density at radius 3 is 2.35 bits per heavy atom. The van der Waals surface area contributed by atoms with Crippen LogP contribution in [0, 0.1) is 11.8 Å². The van der Waals surface area contributed by atoms with Gasteiger partial charge in [0, 0.05) is 30.5 Å². The van der Waals surface area contributed by atoms with Crippen LogP contribution >= 0.6 is 12.4 Å². The van der Waals surface area contributed by atoms with Crippen LogP contribution in [0.2, 0.25) is 0 Å². The van der Waals surface area contributed by atoms with Crippen molar-refractivity contribution in [1.29, 1.82) is 0 Å². The summed E-state index contributed by atoms with van der Waals surface area (Å²) in [6, 6.07) is -0.317. The summed E-state index contributed by atoms with van der Waals surface area (Å²) in [4.78, 5) is 22.4. The summed E-state index contributed by atoms with van der Waals surface area (Å²) in [7, 11) is 0. The zero-order valence-corrected chi connectivity index (χ0v) is 13.1. The van der Waals surface area contributed by atoms with Gasteiger partial charge in [-0.05, 0) is 12.3 Å². The normalized spacial score (nSPS) is 22.9. The molecule has 0 aromatic heterocycles. The van der Waals surface area contributed by atoms with Crippen molar-refractivity contribution >= 4 is 24.3 Å². The van der Waals surface area contributed by atoms with Crippen molar-refractivity contribution in [2.75, 3.05) is 0 Å². The Kier molecular flexibility index (Phi) is 7.83. The number of rotatable bonds is 6. The average Bonchev–Trinajstić information content (AvgIpc) is 2.71. The molecular formula is C14H25ClN2O3. The molecule has 3 atom stereocenters. The molecular weight excluding hydrogens is 280 g/mol. The molecule has 6 heteroatoms. The summed E-state index contributed by atoms with van der Waals surface area (Å²) in [5.74, 6) is -0.797. The highest BCUT2D eigenvalue weighted by Crippen LogP contribution is 2.31. The fourth-order valence-corrected chi connectivity index (χ4v) is 2.90. The number of nitrogens with one attached hydrogen (secondary N) is 1. The third-order valence-electron chi connectivity index (χ3n) is 3.96. The molecule has 1 aliphatic rings. The molecule has 0 radical (unpaired) electrons. The van der Waals surface area contributed by atoms with Crippen LogP contribution in [0.25, 0.3) is 0 Å². The molecule has 3 unspecified atom stereocenters. The predicted molar refractivity (Wildman–Crippen MR) is 80.7 cm³/mol. The van der Waals surface area contributed by atoms with Gasteiger partial charge < -0.3 is 16.2 Å². The molecule has 20 heavy (non-hydrogen) atoms. The van der Waals surface area contributed by atoms with Crippen LogP contribution in [0.15, 0.2) is 11.6 Å². The quantitative estimate of drug-likeness (QED) is 0.696. The Hall–Kier alpha value is -1.07. The number of nitrogens with two attached hydrogens (primary N) is 1. The van der Waals surface area contributed by atoms with Crippen LogP contribution in [-0.2, 0) is 9.59 Å². The summed E-state index contributed by atoms with van der Waals surface area (Å²) < 4.78 is 0. The highest BCUT2D eigenvalue weighted by molar-refractivity contribution is 5.87. The number of carbonyl (C=O) groups is 2. The number of carbonyl (C=O) groups excluding carboxylic acids is 1. The first-order valence-electron chi connectivity index (χ1n) is 6.87. The highest BCUT2D eigenvalue weighted by Gasteiger charge is 2.36. The van der Waals surface area contributed by atoms with Crippen LogP contribution in [0.3, 0.4) is 0 Å². The third kappa shape index (κ3) is 4.49. The second-order valence-electron chi connectivity index (χ2n) is 5.25. The molecule has 0 spiro atoms. The van der Waals surface area contributed by atoms with Crippen molar-refractivity contribution in [3.63, 3.8) is 0 Å². The highest BCUT2D eigenvalue weighted by atomic mass is 35.5. The first kappa shape index (κ1) is 18.9. The Morgan fingerprint density at radius 1 is 1.45 bits per heavy atom. The molecule has 116 valence electrons. The number of carboxylic acids is 1. The van der Waals surface area contributed by atoms with E-state index < -0.39 is 5.97 Å². The third-order valence-corrected chi connectivity index (χ3v) is 3.96. The molecule has 0 bridgehead atoms. The van der Waals surface area contributed by atoms with Gasteiger partial charge in [0.15, 0.2) is 0 Å². The van der Waals surface area contributed by atoms with Crippen molar-refractivity contribution in [3.8, 4) is 0 Å². The van der Waals surface area contributed by atoms with Crippen LogP contribution in [-0.4, -0.2) is 29.1 Å². The lowest BCUT2D eigenvalue weighted by Crippen LogP contribution is -2.48. The van der Waals surface area contributed by atoms with Crippen molar-refractivity contribution in [3.05, 3.63) is 11.6 Å². The maximum absolute atomic E-state index is 11.4. The SMILES string of the molecule is CCC(CC)C(NC(C)=O)C1C=C(C(=O)O)CC1N.Cl. The maximum atomic E-state index is 11.4. The summed E-state index contributed by atoms with van der Waals surface area (Å²) in [5, 5.41) is 12.0. The minimum atomic E-state index is -0.913. The predicted octanol–water partition coefficient (Wildman–Crippen LogP) is 1.71. The first-order valence-corrected chi connectivity index (χ1v) is 6.87. The van der Waals surface area contributed by atoms with E-state index in [4.69, 9.17) is 10.8 Å². The molecule has 0 aromatic rings. The van der Waals surface area contributed by atoms with E-state index in [9.17, 15) is 9.59 Å². The van der Waals surface area contributed by atoms with Crippen molar-refractivity contribution in [2.24, 2.45) is 17.6 Å².